The quantitative estimate of drug-likeness (QED) is 0.0440. The highest BCUT2D eigenvalue weighted by Gasteiger charge is 2.11. The summed E-state index contributed by atoms with van der Waals surface area (Å²) in [5, 5.41) is 18.2. The van der Waals surface area contributed by atoms with Crippen LogP contribution in [0.15, 0.2) is 0 Å². The maximum atomic E-state index is 11.1. The van der Waals surface area contributed by atoms with E-state index in [1.54, 1.807) is 0 Å². The lowest BCUT2D eigenvalue weighted by atomic mass is 10.1. The summed E-state index contributed by atoms with van der Waals surface area (Å²) in [6.45, 7) is 6.18. The first-order valence-electron chi connectivity index (χ1n) is 16.8. The van der Waals surface area contributed by atoms with Crippen LogP contribution in [0.1, 0.15) is 90.9 Å². The van der Waals surface area contributed by atoms with Gasteiger partial charge in [0.25, 0.3) is 20.2 Å². The van der Waals surface area contributed by atoms with Crippen LogP contribution in [0.4, 0.5) is 35.7 Å². The molecule has 2 heterocycles. The molecule has 0 atom stereocenters. The van der Waals surface area contributed by atoms with Crippen molar-refractivity contribution in [3.05, 3.63) is 0 Å². The van der Waals surface area contributed by atoms with E-state index in [4.69, 9.17) is 9.11 Å². The van der Waals surface area contributed by atoms with Gasteiger partial charge < -0.3 is 31.9 Å². The third-order valence-electron chi connectivity index (χ3n) is 6.88. The normalized spacial score (nSPS) is 11.7. The molecule has 0 fully saturated rings. The van der Waals surface area contributed by atoms with Gasteiger partial charge in [0.05, 0.1) is 11.5 Å². The maximum Gasteiger partial charge on any atom is 0.266 e. The Balaban J connectivity index is 1.99. The molecule has 0 aliphatic heterocycles. The van der Waals surface area contributed by atoms with E-state index in [1.165, 1.54) is 38.5 Å². The molecule has 274 valence electrons. The molecule has 0 aliphatic carbocycles. The van der Waals surface area contributed by atoms with Crippen molar-refractivity contribution in [3.8, 4) is 0 Å². The number of hydrogen-bond donors (Lipinski definition) is 8. The summed E-state index contributed by atoms with van der Waals surface area (Å²) in [5.41, 5.74) is 0. The van der Waals surface area contributed by atoms with Gasteiger partial charge in [0.1, 0.15) is 0 Å². The van der Waals surface area contributed by atoms with Gasteiger partial charge in [-0.3, -0.25) is 9.11 Å². The van der Waals surface area contributed by atoms with E-state index in [0.29, 0.717) is 38.1 Å². The first-order chi connectivity index (χ1) is 23.0. The van der Waals surface area contributed by atoms with Crippen LogP contribution in [0.25, 0.3) is 0 Å². The van der Waals surface area contributed by atoms with E-state index in [1.807, 2.05) is 0 Å². The summed E-state index contributed by atoms with van der Waals surface area (Å²) in [5.74, 6) is 0.431. The van der Waals surface area contributed by atoms with E-state index >= 15 is 0 Å². The van der Waals surface area contributed by atoms with Gasteiger partial charge in [0.15, 0.2) is 0 Å². The predicted molar refractivity (Wildman–Crippen MR) is 190 cm³/mol. The molecule has 2 aromatic heterocycles. The third-order valence-corrected chi connectivity index (χ3v) is 8.32. The van der Waals surface area contributed by atoms with Gasteiger partial charge >= 0.3 is 0 Å². The van der Waals surface area contributed by atoms with Crippen molar-refractivity contribution in [2.45, 2.75) is 90.9 Å². The number of hydrogen-bond acceptors (Lipinski definition) is 16. The van der Waals surface area contributed by atoms with Crippen molar-refractivity contribution < 1.29 is 25.9 Å². The molecule has 0 aromatic carbocycles. The van der Waals surface area contributed by atoms with Crippen LogP contribution in [-0.4, -0.2) is 107 Å². The fourth-order valence-corrected chi connectivity index (χ4v) is 5.09. The summed E-state index contributed by atoms with van der Waals surface area (Å²) >= 11 is 0. The number of anilines is 6. The van der Waals surface area contributed by atoms with Crippen LogP contribution in [0.5, 0.6) is 0 Å². The first-order valence-corrected chi connectivity index (χ1v) is 20.0. The second-order valence-corrected chi connectivity index (χ2v) is 14.4. The molecule has 2 aromatic rings. The van der Waals surface area contributed by atoms with Crippen molar-refractivity contribution in [2.75, 3.05) is 82.7 Å². The third kappa shape index (κ3) is 20.8. The van der Waals surface area contributed by atoms with E-state index in [9.17, 15) is 16.8 Å². The number of unbranched alkanes of at least 4 members (excludes halogenated alkanes) is 10. The maximum absolute atomic E-state index is 11.1. The fraction of sp³-hybridized carbons (Fsp3) is 0.786. The molecule has 0 radical (unpaired) electrons. The number of nitrogens with zero attached hydrogens (tertiary/aromatic N) is 6. The molecule has 0 unspecified atom stereocenters. The first kappa shape index (κ1) is 40.8. The SMILES string of the molecule is CCCCCCCCNc1nc(NCCNc2nc(NCCCCCCCC)nc(NCCS(=O)(=O)O)n2)nc(NCCS(=O)(=O)O)n1. The average molecular weight is 719 g/mol. The van der Waals surface area contributed by atoms with Crippen LogP contribution in [-0.2, 0) is 20.2 Å². The highest BCUT2D eigenvalue weighted by atomic mass is 32.2. The number of nitrogens with one attached hydrogen (secondary N) is 6. The summed E-state index contributed by atoms with van der Waals surface area (Å²) < 4.78 is 62.6. The minimum Gasteiger partial charge on any atom is -0.354 e. The Hall–Kier alpha value is -3.36. The van der Waals surface area contributed by atoms with Gasteiger partial charge in [0.2, 0.25) is 35.7 Å². The van der Waals surface area contributed by atoms with Gasteiger partial charge in [-0.25, -0.2) is 0 Å². The Labute approximate surface area is 284 Å². The molecule has 0 saturated heterocycles. The van der Waals surface area contributed by atoms with Crippen molar-refractivity contribution in [3.63, 3.8) is 0 Å². The van der Waals surface area contributed by atoms with Crippen LogP contribution >= 0.6 is 0 Å². The largest absolute Gasteiger partial charge is 0.354 e. The minimum atomic E-state index is -4.15. The lowest BCUT2D eigenvalue weighted by Crippen LogP contribution is -2.21. The van der Waals surface area contributed by atoms with Crippen LogP contribution in [0.3, 0.4) is 0 Å². The minimum absolute atomic E-state index is 0.0874. The second-order valence-electron chi connectivity index (χ2n) is 11.3. The molecular weight excluding hydrogens is 665 g/mol. The second kappa shape index (κ2) is 23.1. The summed E-state index contributed by atoms with van der Waals surface area (Å²) in [7, 11) is -8.30. The average Bonchev–Trinajstić information content (AvgIpc) is 3.01. The molecule has 0 saturated carbocycles. The Bertz CT molecular complexity index is 1300. The van der Waals surface area contributed by atoms with Crippen molar-refractivity contribution >= 4 is 55.9 Å². The van der Waals surface area contributed by atoms with Crippen LogP contribution in [0.2, 0.25) is 0 Å². The molecule has 8 N–H and O–H groups in total. The molecular formula is C28H54N12O6S2. The van der Waals surface area contributed by atoms with E-state index in [-0.39, 0.29) is 36.9 Å². The zero-order valence-electron chi connectivity index (χ0n) is 28.2. The Morgan fingerprint density at radius 3 is 0.938 bits per heavy atom. The van der Waals surface area contributed by atoms with E-state index in [0.717, 1.165) is 38.5 Å². The van der Waals surface area contributed by atoms with Crippen molar-refractivity contribution in [1.29, 1.82) is 0 Å². The zero-order valence-corrected chi connectivity index (χ0v) is 29.8. The molecule has 0 aliphatic rings. The highest BCUT2D eigenvalue weighted by Crippen LogP contribution is 2.13. The van der Waals surface area contributed by atoms with Gasteiger partial charge in [-0.1, -0.05) is 78.1 Å². The lowest BCUT2D eigenvalue weighted by Gasteiger charge is -2.13. The molecule has 0 amide bonds. The number of rotatable bonds is 29. The predicted octanol–water partition coefficient (Wildman–Crippen LogP) is 3.72. The standard InChI is InChI=1S/C28H54N12O6S2/c1-3-5-7-9-11-13-15-29-23-35-25(39-27(37-23)33-19-21-47(41,42)43)31-17-18-32-26-36-24(30-16-14-12-10-8-6-4-2)38-28(40-26)34-20-22-48(44,45)46/h3-22H2,1-2H3,(H,41,42,43)(H,44,45,46)(H3,29,31,33,35,37,39)(H3,30,32,34,36,38,40). The van der Waals surface area contributed by atoms with Gasteiger partial charge in [0, 0.05) is 39.3 Å². The Kier molecular flexibility index (Phi) is 19.6. The Morgan fingerprint density at radius 1 is 0.396 bits per heavy atom. The van der Waals surface area contributed by atoms with Gasteiger partial charge in [-0.05, 0) is 12.8 Å². The van der Waals surface area contributed by atoms with Crippen LogP contribution < -0.4 is 31.9 Å². The molecule has 20 heteroatoms. The van der Waals surface area contributed by atoms with Gasteiger partial charge in [-0.15, -0.1) is 0 Å². The summed E-state index contributed by atoms with van der Waals surface area (Å²) in [6.07, 6.45) is 13.6. The topological polar surface area (TPSA) is 258 Å². The Morgan fingerprint density at radius 2 is 0.646 bits per heavy atom. The zero-order chi connectivity index (χ0) is 35.1. The van der Waals surface area contributed by atoms with E-state index in [2.05, 4.69) is 75.7 Å². The summed E-state index contributed by atoms with van der Waals surface area (Å²) in [4.78, 5) is 26.1. The smallest absolute Gasteiger partial charge is 0.266 e. The number of aromatic nitrogens is 6. The fourth-order valence-electron chi connectivity index (χ4n) is 4.37. The molecule has 0 spiro atoms. The van der Waals surface area contributed by atoms with Crippen LogP contribution in [0, 0.1) is 0 Å². The molecule has 2 rings (SSSR count). The molecule has 18 nitrogen and oxygen atoms in total. The lowest BCUT2D eigenvalue weighted by molar-refractivity contribution is 0.481. The van der Waals surface area contributed by atoms with Crippen molar-refractivity contribution in [1.82, 2.24) is 29.9 Å². The van der Waals surface area contributed by atoms with Crippen molar-refractivity contribution in [2.24, 2.45) is 0 Å². The summed E-state index contributed by atoms with van der Waals surface area (Å²) in [6, 6.07) is 0. The highest BCUT2D eigenvalue weighted by molar-refractivity contribution is 7.86. The van der Waals surface area contributed by atoms with E-state index < -0.39 is 31.7 Å². The monoisotopic (exact) mass is 718 g/mol. The molecule has 0 bridgehead atoms. The molecule has 48 heavy (non-hydrogen) atoms. The van der Waals surface area contributed by atoms with Gasteiger partial charge in [-0.2, -0.15) is 46.7 Å².